The van der Waals surface area contributed by atoms with Gasteiger partial charge < -0.3 is 15.0 Å². The summed E-state index contributed by atoms with van der Waals surface area (Å²) in [7, 11) is 0. The molecule has 0 radical (unpaired) electrons. The van der Waals surface area contributed by atoms with Crippen molar-refractivity contribution in [1.82, 2.24) is 5.32 Å². The van der Waals surface area contributed by atoms with E-state index in [2.05, 4.69) is 38.3 Å². The minimum Gasteiger partial charge on any atom is -0.378 e. The lowest BCUT2D eigenvalue weighted by atomic mass is 10.2. The summed E-state index contributed by atoms with van der Waals surface area (Å²) < 4.78 is 19.8. The Morgan fingerprint density at radius 3 is 2.65 bits per heavy atom. The molecule has 1 N–H and O–H groups in total. The predicted molar refractivity (Wildman–Crippen MR) is 104 cm³/mol. The molecule has 1 amide bonds. The molecule has 1 aliphatic heterocycles. The van der Waals surface area contributed by atoms with Gasteiger partial charge in [-0.1, -0.05) is 28.1 Å². The fourth-order valence-electron chi connectivity index (χ4n) is 2.70. The maximum atomic E-state index is 13.6. The van der Waals surface area contributed by atoms with Gasteiger partial charge in [-0.25, -0.2) is 4.39 Å². The summed E-state index contributed by atoms with van der Waals surface area (Å²) >= 11 is 3.29. The summed E-state index contributed by atoms with van der Waals surface area (Å²) in [4.78, 5) is 14.2. The monoisotopic (exact) mass is 418 g/mol. The number of morpholine rings is 1. The molecule has 1 saturated heterocycles. The molecule has 1 aliphatic rings. The van der Waals surface area contributed by atoms with Gasteiger partial charge in [0.25, 0.3) is 0 Å². The molecular weight excluding hydrogens is 399 g/mol. The van der Waals surface area contributed by atoms with Crippen LogP contribution in [0.2, 0.25) is 0 Å². The first-order valence-electron chi connectivity index (χ1n) is 8.44. The number of benzene rings is 2. The molecular formula is C20H20BrFN2O2. The Bertz CT molecular complexity index is 787. The van der Waals surface area contributed by atoms with Gasteiger partial charge in [-0.3, -0.25) is 4.79 Å². The number of carbonyl (C=O) groups excluding carboxylic acids is 1. The highest BCUT2D eigenvalue weighted by Gasteiger charge is 2.10. The van der Waals surface area contributed by atoms with Gasteiger partial charge in [-0.15, -0.1) is 0 Å². The van der Waals surface area contributed by atoms with Crippen molar-refractivity contribution < 1.29 is 13.9 Å². The van der Waals surface area contributed by atoms with Crippen molar-refractivity contribution >= 4 is 33.6 Å². The van der Waals surface area contributed by atoms with E-state index in [4.69, 9.17) is 4.74 Å². The van der Waals surface area contributed by atoms with Crippen LogP contribution in [0, 0.1) is 5.82 Å². The molecule has 0 saturated carbocycles. The second-order valence-corrected chi connectivity index (χ2v) is 6.90. The number of hydrogen-bond acceptors (Lipinski definition) is 3. The SMILES string of the molecule is O=C(C=Cc1cc(Br)ccc1F)NCc1ccc(N2CCOCC2)cc1. The smallest absolute Gasteiger partial charge is 0.244 e. The van der Waals surface area contributed by atoms with Crippen LogP contribution in [0.1, 0.15) is 11.1 Å². The van der Waals surface area contributed by atoms with Crippen LogP contribution in [0.25, 0.3) is 6.08 Å². The van der Waals surface area contributed by atoms with Gasteiger partial charge in [-0.05, 0) is 42.0 Å². The Hall–Kier alpha value is -2.18. The minimum absolute atomic E-state index is 0.262. The van der Waals surface area contributed by atoms with E-state index in [-0.39, 0.29) is 11.7 Å². The van der Waals surface area contributed by atoms with E-state index in [0.717, 1.165) is 42.0 Å². The molecule has 2 aromatic carbocycles. The molecule has 0 atom stereocenters. The lowest BCUT2D eigenvalue weighted by Gasteiger charge is -2.28. The van der Waals surface area contributed by atoms with E-state index in [9.17, 15) is 9.18 Å². The van der Waals surface area contributed by atoms with Crippen LogP contribution in [-0.2, 0) is 16.1 Å². The number of amides is 1. The predicted octanol–water partition coefficient (Wildman–Crippen LogP) is 3.75. The molecule has 0 aromatic heterocycles. The molecule has 1 heterocycles. The third-order valence-corrected chi connectivity index (χ3v) is 4.64. The lowest BCUT2D eigenvalue weighted by Crippen LogP contribution is -2.36. The van der Waals surface area contributed by atoms with Crippen molar-refractivity contribution in [1.29, 1.82) is 0 Å². The molecule has 1 fully saturated rings. The molecule has 0 aliphatic carbocycles. The molecule has 0 unspecified atom stereocenters. The third-order valence-electron chi connectivity index (χ3n) is 4.15. The molecule has 3 rings (SSSR count). The zero-order chi connectivity index (χ0) is 18.4. The van der Waals surface area contributed by atoms with Crippen LogP contribution in [0.5, 0.6) is 0 Å². The third kappa shape index (κ3) is 5.16. The van der Waals surface area contributed by atoms with Crippen LogP contribution in [0.3, 0.4) is 0 Å². The Labute approximate surface area is 160 Å². The number of halogens is 2. The lowest BCUT2D eigenvalue weighted by molar-refractivity contribution is -0.116. The van der Waals surface area contributed by atoms with Crippen LogP contribution < -0.4 is 10.2 Å². The number of rotatable bonds is 5. The summed E-state index contributed by atoms with van der Waals surface area (Å²) in [5.41, 5.74) is 2.54. The molecule has 4 nitrogen and oxygen atoms in total. The summed E-state index contributed by atoms with van der Waals surface area (Å²) in [6.45, 7) is 3.72. The Morgan fingerprint density at radius 2 is 1.92 bits per heavy atom. The fraction of sp³-hybridized carbons (Fsp3) is 0.250. The van der Waals surface area contributed by atoms with E-state index in [1.54, 1.807) is 12.1 Å². The fourth-order valence-corrected chi connectivity index (χ4v) is 3.08. The first-order chi connectivity index (χ1) is 12.6. The second kappa shape index (κ2) is 8.96. The van der Waals surface area contributed by atoms with E-state index in [1.165, 1.54) is 18.2 Å². The standard InChI is InChI=1S/C20H20BrFN2O2/c21-17-4-7-19(22)16(13-17)3-8-20(25)23-14-15-1-5-18(6-2-15)24-9-11-26-12-10-24/h1-8,13H,9-12,14H2,(H,23,25). The molecule has 136 valence electrons. The van der Waals surface area contributed by atoms with Crippen LogP contribution >= 0.6 is 15.9 Å². The first-order valence-corrected chi connectivity index (χ1v) is 9.24. The molecule has 0 bridgehead atoms. The first kappa shape index (κ1) is 18.6. The Kier molecular flexibility index (Phi) is 6.41. The number of carbonyl (C=O) groups is 1. The van der Waals surface area contributed by atoms with Crippen molar-refractivity contribution in [2.24, 2.45) is 0 Å². The van der Waals surface area contributed by atoms with E-state index in [1.807, 2.05) is 12.1 Å². The van der Waals surface area contributed by atoms with Crippen LogP contribution in [0.4, 0.5) is 10.1 Å². The van der Waals surface area contributed by atoms with Gasteiger partial charge in [0.2, 0.25) is 5.91 Å². The van der Waals surface area contributed by atoms with Crippen molar-refractivity contribution in [3.63, 3.8) is 0 Å². The summed E-state index contributed by atoms with van der Waals surface area (Å²) in [6.07, 6.45) is 2.81. The van der Waals surface area contributed by atoms with Crippen molar-refractivity contribution in [2.75, 3.05) is 31.2 Å². The van der Waals surface area contributed by atoms with Gasteiger partial charge >= 0.3 is 0 Å². The topological polar surface area (TPSA) is 41.6 Å². The molecule has 6 heteroatoms. The van der Waals surface area contributed by atoms with Gasteiger partial charge in [0.05, 0.1) is 13.2 Å². The molecule has 2 aromatic rings. The molecule has 0 spiro atoms. The van der Waals surface area contributed by atoms with Crippen molar-refractivity contribution in [3.05, 3.63) is 70.0 Å². The number of nitrogens with zero attached hydrogens (tertiary/aromatic N) is 1. The molecule has 26 heavy (non-hydrogen) atoms. The summed E-state index contributed by atoms with van der Waals surface area (Å²) in [5.74, 6) is -0.627. The maximum absolute atomic E-state index is 13.6. The quantitative estimate of drug-likeness (QED) is 0.751. The van der Waals surface area contributed by atoms with Gasteiger partial charge in [0.15, 0.2) is 0 Å². The zero-order valence-electron chi connectivity index (χ0n) is 14.3. The van der Waals surface area contributed by atoms with Gasteiger partial charge in [0, 0.05) is 41.4 Å². The van der Waals surface area contributed by atoms with Gasteiger partial charge in [0.1, 0.15) is 5.82 Å². The number of anilines is 1. The van der Waals surface area contributed by atoms with Crippen LogP contribution in [0.15, 0.2) is 53.0 Å². The largest absolute Gasteiger partial charge is 0.378 e. The normalized spacial score (nSPS) is 14.6. The highest BCUT2D eigenvalue weighted by molar-refractivity contribution is 9.10. The number of ether oxygens (including phenoxy) is 1. The Balaban J connectivity index is 1.52. The summed E-state index contributed by atoms with van der Waals surface area (Å²) in [5, 5.41) is 2.81. The average Bonchev–Trinajstić information content (AvgIpc) is 2.68. The zero-order valence-corrected chi connectivity index (χ0v) is 15.8. The van der Waals surface area contributed by atoms with Crippen LogP contribution in [-0.4, -0.2) is 32.2 Å². The number of hydrogen-bond donors (Lipinski definition) is 1. The van der Waals surface area contributed by atoms with E-state index < -0.39 is 0 Å². The Morgan fingerprint density at radius 1 is 1.19 bits per heavy atom. The maximum Gasteiger partial charge on any atom is 0.244 e. The minimum atomic E-state index is -0.365. The van der Waals surface area contributed by atoms with Crippen molar-refractivity contribution in [3.8, 4) is 0 Å². The summed E-state index contributed by atoms with van der Waals surface area (Å²) in [6, 6.07) is 12.7. The van der Waals surface area contributed by atoms with E-state index >= 15 is 0 Å². The van der Waals surface area contributed by atoms with Gasteiger partial charge in [-0.2, -0.15) is 0 Å². The van der Waals surface area contributed by atoms with E-state index in [0.29, 0.717) is 12.1 Å². The van der Waals surface area contributed by atoms with Crippen molar-refractivity contribution in [2.45, 2.75) is 6.54 Å². The average molecular weight is 419 g/mol. The highest BCUT2D eigenvalue weighted by atomic mass is 79.9. The second-order valence-electron chi connectivity index (χ2n) is 5.98. The highest BCUT2D eigenvalue weighted by Crippen LogP contribution is 2.17. The number of nitrogens with one attached hydrogen (secondary N) is 1.